The molecular formula is C24H25FN2O4S. The number of anilines is 1. The Morgan fingerprint density at radius 1 is 1.09 bits per heavy atom. The topological polar surface area (TPSA) is 75.7 Å². The maximum atomic E-state index is 13.3. The Hall–Kier alpha value is -2.87. The van der Waals surface area contributed by atoms with Gasteiger partial charge < -0.3 is 15.0 Å². The van der Waals surface area contributed by atoms with Gasteiger partial charge in [-0.1, -0.05) is 31.4 Å². The molecule has 1 fully saturated rings. The third-order valence-electron chi connectivity index (χ3n) is 5.78. The third kappa shape index (κ3) is 5.48. The number of hydrogen-bond acceptors (Lipinski definition) is 5. The predicted molar refractivity (Wildman–Crippen MR) is 120 cm³/mol. The summed E-state index contributed by atoms with van der Waals surface area (Å²) < 4.78 is 18.6. The van der Waals surface area contributed by atoms with Crippen molar-refractivity contribution in [2.45, 2.75) is 49.6 Å². The molecule has 1 N–H and O–H groups in total. The van der Waals surface area contributed by atoms with E-state index in [9.17, 15) is 18.8 Å². The zero-order valence-electron chi connectivity index (χ0n) is 17.6. The lowest BCUT2D eigenvalue weighted by atomic mass is 9.93. The average molecular weight is 457 g/mol. The molecule has 2 aromatic rings. The SMILES string of the molecule is O=C1CSc2ccc(C(=O)OCC(=O)N(Cc3ccc(F)cc3)C3CCCCC3)cc2N1. The predicted octanol–water partition coefficient (Wildman–Crippen LogP) is 4.39. The number of carbonyl (C=O) groups excluding carboxylic acids is 3. The van der Waals surface area contributed by atoms with Crippen LogP contribution < -0.4 is 5.32 Å². The van der Waals surface area contributed by atoms with Gasteiger partial charge in [0.05, 0.1) is 17.0 Å². The first-order chi connectivity index (χ1) is 15.5. The molecule has 1 aliphatic heterocycles. The van der Waals surface area contributed by atoms with Gasteiger partial charge in [-0.2, -0.15) is 0 Å². The molecule has 0 spiro atoms. The summed E-state index contributed by atoms with van der Waals surface area (Å²) in [5.74, 6) is -0.978. The van der Waals surface area contributed by atoms with E-state index in [1.807, 2.05) is 0 Å². The van der Waals surface area contributed by atoms with Crippen LogP contribution in [0.1, 0.15) is 48.0 Å². The number of thioether (sulfide) groups is 1. The molecule has 6 nitrogen and oxygen atoms in total. The first-order valence-electron chi connectivity index (χ1n) is 10.8. The summed E-state index contributed by atoms with van der Waals surface area (Å²) in [4.78, 5) is 39.8. The Morgan fingerprint density at radius 3 is 2.59 bits per heavy atom. The van der Waals surface area contributed by atoms with Crippen molar-refractivity contribution < 1.29 is 23.5 Å². The number of hydrogen-bond donors (Lipinski definition) is 1. The molecule has 1 heterocycles. The summed E-state index contributed by atoms with van der Waals surface area (Å²) in [6, 6.07) is 11.2. The molecule has 1 aliphatic carbocycles. The number of carbonyl (C=O) groups is 3. The van der Waals surface area contributed by atoms with Crippen molar-refractivity contribution in [3.63, 3.8) is 0 Å². The smallest absolute Gasteiger partial charge is 0.338 e. The largest absolute Gasteiger partial charge is 0.452 e. The molecule has 4 rings (SSSR count). The highest BCUT2D eigenvalue weighted by atomic mass is 32.2. The first-order valence-corrected chi connectivity index (χ1v) is 11.8. The molecule has 0 unspecified atom stereocenters. The van der Waals surface area contributed by atoms with Crippen LogP contribution in [0.3, 0.4) is 0 Å². The van der Waals surface area contributed by atoms with E-state index in [1.54, 1.807) is 35.2 Å². The van der Waals surface area contributed by atoms with Crippen LogP contribution in [0.5, 0.6) is 0 Å². The molecule has 2 amide bonds. The van der Waals surface area contributed by atoms with E-state index in [-0.39, 0.29) is 35.8 Å². The maximum absolute atomic E-state index is 13.3. The molecular weight excluding hydrogens is 431 g/mol. The third-order valence-corrected chi connectivity index (χ3v) is 6.85. The highest BCUT2D eigenvalue weighted by molar-refractivity contribution is 8.00. The Morgan fingerprint density at radius 2 is 1.84 bits per heavy atom. The van der Waals surface area contributed by atoms with Crippen LogP contribution >= 0.6 is 11.8 Å². The van der Waals surface area contributed by atoms with Crippen molar-refractivity contribution in [3.05, 3.63) is 59.4 Å². The van der Waals surface area contributed by atoms with Crippen molar-refractivity contribution in [2.24, 2.45) is 0 Å². The molecule has 32 heavy (non-hydrogen) atoms. The molecule has 0 saturated heterocycles. The highest BCUT2D eigenvalue weighted by Crippen LogP contribution is 2.32. The number of nitrogens with zero attached hydrogens (tertiary/aromatic N) is 1. The Balaban J connectivity index is 1.42. The van der Waals surface area contributed by atoms with Gasteiger partial charge in [0.2, 0.25) is 5.91 Å². The quantitative estimate of drug-likeness (QED) is 0.653. The van der Waals surface area contributed by atoms with Gasteiger partial charge >= 0.3 is 5.97 Å². The van der Waals surface area contributed by atoms with Gasteiger partial charge in [-0.05, 0) is 48.7 Å². The van der Waals surface area contributed by atoms with Crippen molar-refractivity contribution in [2.75, 3.05) is 17.7 Å². The second kappa shape index (κ2) is 10.2. The van der Waals surface area contributed by atoms with Crippen molar-refractivity contribution in [3.8, 4) is 0 Å². The van der Waals surface area contributed by atoms with E-state index >= 15 is 0 Å². The number of ether oxygens (including phenoxy) is 1. The Kier molecular flexibility index (Phi) is 7.09. The second-order valence-corrected chi connectivity index (χ2v) is 9.08. The van der Waals surface area contributed by atoms with Gasteiger partial charge in [0.1, 0.15) is 5.82 Å². The van der Waals surface area contributed by atoms with Crippen LogP contribution in [0.4, 0.5) is 10.1 Å². The molecule has 0 bridgehead atoms. The monoisotopic (exact) mass is 456 g/mol. The lowest BCUT2D eigenvalue weighted by Crippen LogP contribution is -2.43. The van der Waals surface area contributed by atoms with E-state index < -0.39 is 5.97 Å². The number of benzene rings is 2. The molecule has 1 saturated carbocycles. The zero-order valence-corrected chi connectivity index (χ0v) is 18.5. The molecule has 0 radical (unpaired) electrons. The number of esters is 1. The van der Waals surface area contributed by atoms with E-state index in [0.29, 0.717) is 18.0 Å². The Bertz CT molecular complexity index is 1010. The molecule has 0 aromatic heterocycles. The summed E-state index contributed by atoms with van der Waals surface area (Å²) in [5, 5.41) is 2.74. The molecule has 168 valence electrons. The first kappa shape index (κ1) is 22.3. The summed E-state index contributed by atoms with van der Waals surface area (Å²) in [6.45, 7) is -0.0157. The number of rotatable bonds is 6. The van der Waals surface area contributed by atoms with Crippen LogP contribution in [0.15, 0.2) is 47.4 Å². The minimum atomic E-state index is -0.614. The normalized spacial score (nSPS) is 16.1. The highest BCUT2D eigenvalue weighted by Gasteiger charge is 2.27. The van der Waals surface area contributed by atoms with Crippen LogP contribution in [0.2, 0.25) is 0 Å². The number of nitrogens with one attached hydrogen (secondary N) is 1. The fraction of sp³-hybridized carbons (Fsp3) is 0.375. The second-order valence-electron chi connectivity index (χ2n) is 8.06. The average Bonchev–Trinajstić information content (AvgIpc) is 2.82. The number of amides is 2. The fourth-order valence-corrected chi connectivity index (χ4v) is 4.89. The van der Waals surface area contributed by atoms with Crippen molar-refractivity contribution >= 4 is 35.2 Å². The van der Waals surface area contributed by atoms with E-state index in [1.165, 1.54) is 23.9 Å². The lowest BCUT2D eigenvalue weighted by Gasteiger charge is -2.34. The van der Waals surface area contributed by atoms with Gasteiger partial charge in [0.25, 0.3) is 5.91 Å². The van der Waals surface area contributed by atoms with Crippen LogP contribution in [-0.2, 0) is 20.9 Å². The van der Waals surface area contributed by atoms with E-state index in [0.717, 1.165) is 42.6 Å². The maximum Gasteiger partial charge on any atom is 0.338 e. The summed E-state index contributed by atoms with van der Waals surface area (Å²) in [7, 11) is 0. The molecule has 2 aromatic carbocycles. The van der Waals surface area contributed by atoms with Gasteiger partial charge in [0.15, 0.2) is 6.61 Å². The Labute approximate surface area is 190 Å². The minimum absolute atomic E-state index is 0.0796. The van der Waals surface area contributed by atoms with Crippen LogP contribution in [-0.4, -0.2) is 41.1 Å². The van der Waals surface area contributed by atoms with Crippen LogP contribution in [0, 0.1) is 5.82 Å². The summed E-state index contributed by atoms with van der Waals surface area (Å²) in [5.41, 5.74) is 1.69. The van der Waals surface area contributed by atoms with E-state index in [2.05, 4.69) is 5.32 Å². The van der Waals surface area contributed by atoms with Crippen molar-refractivity contribution in [1.29, 1.82) is 0 Å². The van der Waals surface area contributed by atoms with Crippen LogP contribution in [0.25, 0.3) is 0 Å². The zero-order chi connectivity index (χ0) is 22.5. The van der Waals surface area contributed by atoms with Gasteiger partial charge in [0, 0.05) is 17.5 Å². The van der Waals surface area contributed by atoms with Gasteiger partial charge in [-0.25, -0.2) is 9.18 Å². The molecule has 0 atom stereocenters. The molecule has 2 aliphatic rings. The fourth-order valence-electron chi connectivity index (χ4n) is 4.10. The lowest BCUT2D eigenvalue weighted by molar-refractivity contribution is -0.138. The van der Waals surface area contributed by atoms with Gasteiger partial charge in [-0.15, -0.1) is 11.8 Å². The molecule has 8 heteroatoms. The van der Waals surface area contributed by atoms with E-state index in [4.69, 9.17) is 4.74 Å². The van der Waals surface area contributed by atoms with Gasteiger partial charge in [-0.3, -0.25) is 9.59 Å². The number of halogens is 1. The summed E-state index contributed by atoms with van der Waals surface area (Å²) in [6.07, 6.45) is 5.07. The summed E-state index contributed by atoms with van der Waals surface area (Å²) >= 11 is 1.41. The number of fused-ring (bicyclic) bond motifs is 1. The standard InChI is InChI=1S/C24H25FN2O4S/c25-18-9-6-16(7-10-18)13-27(19-4-2-1-3-5-19)23(29)14-31-24(30)17-8-11-21-20(12-17)26-22(28)15-32-21/h6-12,19H,1-5,13-15H2,(H,26,28). The minimum Gasteiger partial charge on any atom is -0.452 e. The van der Waals surface area contributed by atoms with Crippen molar-refractivity contribution in [1.82, 2.24) is 4.90 Å².